The van der Waals surface area contributed by atoms with Crippen LogP contribution in [-0.2, 0) is 11.3 Å². The Morgan fingerprint density at radius 1 is 1.56 bits per heavy atom. The molecule has 18 heavy (non-hydrogen) atoms. The fourth-order valence-electron chi connectivity index (χ4n) is 1.80. The Balaban J connectivity index is 2.59. The molecule has 1 rings (SSSR count). The summed E-state index contributed by atoms with van der Waals surface area (Å²) in [6.07, 6.45) is 1.36. The van der Waals surface area contributed by atoms with Gasteiger partial charge in [-0.15, -0.1) is 0 Å². The molecule has 0 aliphatic carbocycles. The lowest BCUT2D eigenvalue weighted by molar-refractivity contribution is -0.124. The van der Waals surface area contributed by atoms with Crippen LogP contribution in [0.15, 0.2) is 16.7 Å². The van der Waals surface area contributed by atoms with E-state index < -0.39 is 5.97 Å². The lowest BCUT2D eigenvalue weighted by Crippen LogP contribution is -2.34. The summed E-state index contributed by atoms with van der Waals surface area (Å²) in [7, 11) is 3.43. The van der Waals surface area contributed by atoms with E-state index >= 15 is 0 Å². The molecule has 0 radical (unpaired) electrons. The van der Waals surface area contributed by atoms with E-state index in [-0.39, 0.29) is 17.6 Å². The zero-order valence-electron chi connectivity index (χ0n) is 10.8. The van der Waals surface area contributed by atoms with Crippen LogP contribution in [0.5, 0.6) is 0 Å². The average Bonchev–Trinajstić information content (AvgIpc) is 2.75. The molecule has 0 bridgehead atoms. The van der Waals surface area contributed by atoms with Crippen molar-refractivity contribution in [3.8, 4) is 0 Å². The fraction of sp³-hybridized carbons (Fsp3) is 0.500. The van der Waals surface area contributed by atoms with E-state index in [1.54, 1.807) is 13.1 Å². The number of rotatable bonds is 6. The van der Waals surface area contributed by atoms with Crippen LogP contribution in [0, 0.1) is 5.92 Å². The van der Waals surface area contributed by atoms with Crippen LogP contribution < -0.4 is 5.32 Å². The third kappa shape index (κ3) is 3.59. The Morgan fingerprint density at radius 2 is 2.22 bits per heavy atom. The molecular weight excluding hydrogens is 236 g/mol. The number of hydrogen-bond acceptors (Lipinski definition) is 4. The first kappa shape index (κ1) is 14.2. The van der Waals surface area contributed by atoms with Crippen molar-refractivity contribution in [2.24, 2.45) is 5.92 Å². The van der Waals surface area contributed by atoms with Gasteiger partial charge in [-0.25, -0.2) is 4.79 Å². The molecule has 100 valence electrons. The summed E-state index contributed by atoms with van der Waals surface area (Å²) in [6, 6.07) is 1.63. The van der Waals surface area contributed by atoms with Crippen LogP contribution in [0.4, 0.5) is 0 Å². The number of amides is 1. The molecular formula is C12H18N2O4. The van der Waals surface area contributed by atoms with Crippen LogP contribution in [0.25, 0.3) is 0 Å². The predicted octanol–water partition coefficient (Wildman–Crippen LogP) is 0.792. The summed E-state index contributed by atoms with van der Waals surface area (Å²) < 4.78 is 4.90. The van der Waals surface area contributed by atoms with Gasteiger partial charge >= 0.3 is 5.97 Å². The smallest absolute Gasteiger partial charge is 0.372 e. The van der Waals surface area contributed by atoms with Crippen LogP contribution in [-0.4, -0.2) is 42.5 Å². The summed E-state index contributed by atoms with van der Waals surface area (Å²) in [5.74, 6) is -1.31. The van der Waals surface area contributed by atoms with E-state index in [2.05, 4.69) is 5.32 Å². The molecule has 0 saturated carbocycles. The number of nitrogens with one attached hydrogen (secondary N) is 1. The third-order valence-corrected chi connectivity index (χ3v) is 2.66. The van der Waals surface area contributed by atoms with Gasteiger partial charge in [0.15, 0.2) is 0 Å². The molecule has 1 amide bonds. The SMILES string of the molecule is CNC(=O)C(C)CN(C)Cc1ccoc1C(=O)O. The second-order valence-corrected chi connectivity index (χ2v) is 4.29. The average molecular weight is 254 g/mol. The van der Waals surface area contributed by atoms with E-state index in [1.165, 1.54) is 6.26 Å². The number of carboxylic acids is 1. The maximum Gasteiger partial charge on any atom is 0.372 e. The Bertz CT molecular complexity index is 427. The highest BCUT2D eigenvalue weighted by molar-refractivity contribution is 5.86. The molecule has 0 saturated heterocycles. The normalized spacial score (nSPS) is 12.4. The first-order valence-electron chi connectivity index (χ1n) is 5.65. The molecule has 1 aromatic heterocycles. The highest BCUT2D eigenvalue weighted by atomic mass is 16.4. The quantitative estimate of drug-likeness (QED) is 0.784. The lowest BCUT2D eigenvalue weighted by atomic mass is 10.1. The topological polar surface area (TPSA) is 82.8 Å². The van der Waals surface area contributed by atoms with E-state index in [4.69, 9.17) is 9.52 Å². The number of nitrogens with zero attached hydrogens (tertiary/aromatic N) is 1. The standard InChI is InChI=1S/C12H18N2O4/c1-8(11(15)13-2)6-14(3)7-9-4-5-18-10(9)12(16)17/h4-5,8H,6-7H2,1-3H3,(H,13,15)(H,16,17). The Kier molecular flexibility index (Phi) is 4.91. The highest BCUT2D eigenvalue weighted by Crippen LogP contribution is 2.13. The van der Waals surface area contributed by atoms with Gasteiger partial charge in [0, 0.05) is 31.6 Å². The number of furan rings is 1. The summed E-state index contributed by atoms with van der Waals surface area (Å²) in [5.41, 5.74) is 0.606. The molecule has 0 aromatic carbocycles. The van der Waals surface area contributed by atoms with Crippen molar-refractivity contribution in [1.82, 2.24) is 10.2 Å². The van der Waals surface area contributed by atoms with E-state index in [9.17, 15) is 9.59 Å². The van der Waals surface area contributed by atoms with Gasteiger partial charge < -0.3 is 19.7 Å². The maximum atomic E-state index is 11.4. The van der Waals surface area contributed by atoms with Gasteiger partial charge in [-0.05, 0) is 13.1 Å². The zero-order valence-corrected chi connectivity index (χ0v) is 10.8. The summed E-state index contributed by atoms with van der Waals surface area (Å²) in [5, 5.41) is 11.5. The summed E-state index contributed by atoms with van der Waals surface area (Å²) in [6.45, 7) is 2.80. The fourth-order valence-corrected chi connectivity index (χ4v) is 1.80. The second kappa shape index (κ2) is 6.20. The second-order valence-electron chi connectivity index (χ2n) is 4.29. The molecule has 1 heterocycles. The van der Waals surface area contributed by atoms with Crippen molar-refractivity contribution in [1.29, 1.82) is 0 Å². The monoisotopic (exact) mass is 254 g/mol. The summed E-state index contributed by atoms with van der Waals surface area (Å²) >= 11 is 0. The van der Waals surface area contributed by atoms with E-state index in [1.807, 2.05) is 18.9 Å². The molecule has 2 N–H and O–H groups in total. The maximum absolute atomic E-state index is 11.4. The van der Waals surface area contributed by atoms with Gasteiger partial charge in [0.25, 0.3) is 0 Å². The molecule has 0 aliphatic heterocycles. The molecule has 6 nitrogen and oxygen atoms in total. The van der Waals surface area contributed by atoms with Crippen LogP contribution in [0.2, 0.25) is 0 Å². The van der Waals surface area contributed by atoms with Crippen molar-refractivity contribution >= 4 is 11.9 Å². The Morgan fingerprint density at radius 3 is 2.78 bits per heavy atom. The molecule has 1 atom stereocenters. The molecule has 0 spiro atoms. The minimum Gasteiger partial charge on any atom is -0.475 e. The number of carbonyl (C=O) groups excluding carboxylic acids is 1. The lowest BCUT2D eigenvalue weighted by Gasteiger charge is -2.19. The van der Waals surface area contributed by atoms with Gasteiger partial charge in [0.2, 0.25) is 11.7 Å². The zero-order chi connectivity index (χ0) is 13.7. The minimum absolute atomic E-state index is 0.0347. The number of carbonyl (C=O) groups is 2. The molecule has 0 aliphatic rings. The Labute approximate surface area is 106 Å². The van der Waals surface area contributed by atoms with Gasteiger partial charge in [0.1, 0.15) is 0 Å². The molecule has 0 fully saturated rings. The van der Waals surface area contributed by atoms with Crippen molar-refractivity contribution < 1.29 is 19.1 Å². The van der Waals surface area contributed by atoms with Crippen molar-refractivity contribution in [3.63, 3.8) is 0 Å². The number of aromatic carboxylic acids is 1. The minimum atomic E-state index is -1.08. The third-order valence-electron chi connectivity index (χ3n) is 2.66. The van der Waals surface area contributed by atoms with Gasteiger partial charge in [-0.1, -0.05) is 6.92 Å². The largest absolute Gasteiger partial charge is 0.475 e. The van der Waals surface area contributed by atoms with Crippen LogP contribution in [0.3, 0.4) is 0 Å². The van der Waals surface area contributed by atoms with Gasteiger partial charge in [-0.3, -0.25) is 4.79 Å². The van der Waals surface area contributed by atoms with E-state index in [0.717, 1.165) is 0 Å². The molecule has 1 aromatic rings. The number of carboxylic acid groups (broad SMARTS) is 1. The molecule has 6 heteroatoms. The van der Waals surface area contributed by atoms with Crippen LogP contribution in [0.1, 0.15) is 23.0 Å². The van der Waals surface area contributed by atoms with Crippen LogP contribution >= 0.6 is 0 Å². The van der Waals surface area contributed by atoms with Gasteiger partial charge in [-0.2, -0.15) is 0 Å². The van der Waals surface area contributed by atoms with Gasteiger partial charge in [0.05, 0.1) is 6.26 Å². The van der Waals surface area contributed by atoms with E-state index in [0.29, 0.717) is 18.7 Å². The van der Waals surface area contributed by atoms with Crippen molar-refractivity contribution in [2.45, 2.75) is 13.5 Å². The first-order valence-corrected chi connectivity index (χ1v) is 5.65. The Hall–Kier alpha value is -1.82. The first-order chi connectivity index (χ1) is 8.45. The van der Waals surface area contributed by atoms with Crippen molar-refractivity contribution in [2.75, 3.05) is 20.6 Å². The van der Waals surface area contributed by atoms with Crippen molar-refractivity contribution in [3.05, 3.63) is 23.7 Å². The molecule has 1 unspecified atom stereocenters. The summed E-state index contributed by atoms with van der Waals surface area (Å²) in [4.78, 5) is 24.1. The number of hydrogen-bond donors (Lipinski definition) is 2. The predicted molar refractivity (Wildman–Crippen MR) is 65.2 cm³/mol. The highest BCUT2D eigenvalue weighted by Gasteiger charge is 2.18.